The summed E-state index contributed by atoms with van der Waals surface area (Å²) in [7, 11) is 0. The highest BCUT2D eigenvalue weighted by molar-refractivity contribution is 6.32. The zero-order valence-corrected chi connectivity index (χ0v) is 8.64. The Morgan fingerprint density at radius 2 is 2.21 bits per heavy atom. The summed E-state index contributed by atoms with van der Waals surface area (Å²) in [6.45, 7) is 3.67. The monoisotopic (exact) mass is 213 g/mol. The summed E-state index contributed by atoms with van der Waals surface area (Å²) < 4.78 is 5.72. The maximum Gasteiger partial charge on any atom is 0.139 e. The van der Waals surface area contributed by atoms with Crippen LogP contribution in [0.5, 0.6) is 11.5 Å². The Kier molecular flexibility index (Phi) is 2.29. The maximum atomic E-state index is 9.15. The standard InChI is InChI=1S/C10H12ClNO2/c1-10(5-12-6-10)14-9-3-2-7(13)4-8(9)11/h2-4,12-13H,5-6H2,1H3. The number of aromatic hydroxyl groups is 1. The van der Waals surface area contributed by atoms with Gasteiger partial charge in [0.25, 0.3) is 0 Å². The van der Waals surface area contributed by atoms with Crippen LogP contribution in [0.3, 0.4) is 0 Å². The summed E-state index contributed by atoms with van der Waals surface area (Å²) in [4.78, 5) is 0. The van der Waals surface area contributed by atoms with Crippen LogP contribution >= 0.6 is 11.6 Å². The molecule has 1 aliphatic rings. The van der Waals surface area contributed by atoms with Gasteiger partial charge in [0.1, 0.15) is 17.1 Å². The van der Waals surface area contributed by atoms with E-state index in [1.165, 1.54) is 6.07 Å². The van der Waals surface area contributed by atoms with Gasteiger partial charge < -0.3 is 15.2 Å². The van der Waals surface area contributed by atoms with Crippen molar-refractivity contribution in [3.05, 3.63) is 23.2 Å². The zero-order chi connectivity index (χ0) is 10.2. The topological polar surface area (TPSA) is 41.5 Å². The summed E-state index contributed by atoms with van der Waals surface area (Å²) in [6, 6.07) is 4.73. The molecule has 1 aromatic rings. The van der Waals surface area contributed by atoms with Gasteiger partial charge in [-0.15, -0.1) is 0 Å². The first-order chi connectivity index (χ1) is 6.59. The van der Waals surface area contributed by atoms with E-state index in [1.54, 1.807) is 12.1 Å². The van der Waals surface area contributed by atoms with Crippen molar-refractivity contribution >= 4 is 11.6 Å². The third kappa shape index (κ3) is 1.79. The summed E-state index contributed by atoms with van der Waals surface area (Å²) in [6.07, 6.45) is 0. The minimum absolute atomic E-state index is 0.152. The van der Waals surface area contributed by atoms with Crippen molar-refractivity contribution in [1.29, 1.82) is 0 Å². The van der Waals surface area contributed by atoms with Gasteiger partial charge in [-0.1, -0.05) is 11.6 Å². The van der Waals surface area contributed by atoms with Crippen LogP contribution in [0.1, 0.15) is 6.92 Å². The minimum atomic E-state index is -0.166. The minimum Gasteiger partial charge on any atom is -0.508 e. The molecule has 0 amide bonds. The van der Waals surface area contributed by atoms with Crippen molar-refractivity contribution in [3.63, 3.8) is 0 Å². The van der Waals surface area contributed by atoms with Gasteiger partial charge in [-0.3, -0.25) is 0 Å². The van der Waals surface area contributed by atoms with Gasteiger partial charge in [-0.05, 0) is 19.1 Å². The smallest absolute Gasteiger partial charge is 0.139 e. The van der Waals surface area contributed by atoms with Crippen LogP contribution in [0.25, 0.3) is 0 Å². The number of phenols is 1. The first kappa shape index (κ1) is 9.62. The molecule has 0 spiro atoms. The first-order valence-electron chi connectivity index (χ1n) is 4.47. The van der Waals surface area contributed by atoms with Gasteiger partial charge in [0.2, 0.25) is 0 Å². The molecule has 0 unspecified atom stereocenters. The number of halogens is 1. The van der Waals surface area contributed by atoms with E-state index in [-0.39, 0.29) is 11.4 Å². The summed E-state index contributed by atoms with van der Waals surface area (Å²) >= 11 is 5.91. The lowest BCUT2D eigenvalue weighted by Crippen LogP contribution is -2.61. The van der Waals surface area contributed by atoms with Crippen molar-refractivity contribution in [1.82, 2.24) is 5.32 Å². The fourth-order valence-electron chi connectivity index (χ4n) is 1.39. The number of benzene rings is 1. The van der Waals surface area contributed by atoms with Crippen molar-refractivity contribution in [2.24, 2.45) is 0 Å². The van der Waals surface area contributed by atoms with Crippen LogP contribution in [0.2, 0.25) is 5.02 Å². The molecule has 1 aromatic carbocycles. The largest absolute Gasteiger partial charge is 0.508 e. The van der Waals surface area contributed by atoms with Crippen molar-refractivity contribution in [2.45, 2.75) is 12.5 Å². The van der Waals surface area contributed by atoms with E-state index in [2.05, 4.69) is 5.32 Å². The third-order valence-electron chi connectivity index (χ3n) is 2.27. The lowest BCUT2D eigenvalue weighted by Gasteiger charge is -2.39. The second-order valence-electron chi connectivity index (χ2n) is 3.77. The molecule has 1 fully saturated rings. The molecule has 4 heteroatoms. The number of nitrogens with one attached hydrogen (secondary N) is 1. The zero-order valence-electron chi connectivity index (χ0n) is 7.88. The molecule has 0 aromatic heterocycles. The normalized spacial score (nSPS) is 18.7. The van der Waals surface area contributed by atoms with E-state index >= 15 is 0 Å². The van der Waals surface area contributed by atoms with E-state index in [9.17, 15) is 0 Å². The number of phenolic OH excluding ortho intramolecular Hbond substituents is 1. The van der Waals surface area contributed by atoms with Crippen molar-refractivity contribution < 1.29 is 9.84 Å². The molecule has 0 bridgehead atoms. The molecule has 2 N–H and O–H groups in total. The van der Waals surface area contributed by atoms with Crippen LogP contribution in [0.4, 0.5) is 0 Å². The van der Waals surface area contributed by atoms with E-state index < -0.39 is 0 Å². The van der Waals surface area contributed by atoms with Crippen molar-refractivity contribution in [2.75, 3.05) is 13.1 Å². The lowest BCUT2D eigenvalue weighted by molar-refractivity contribution is 0.0349. The van der Waals surface area contributed by atoms with Crippen molar-refractivity contribution in [3.8, 4) is 11.5 Å². The summed E-state index contributed by atoms with van der Waals surface area (Å²) in [5.41, 5.74) is -0.166. The number of hydrogen-bond donors (Lipinski definition) is 2. The Morgan fingerprint density at radius 1 is 1.50 bits per heavy atom. The van der Waals surface area contributed by atoms with Crippen LogP contribution in [-0.4, -0.2) is 23.8 Å². The number of hydrogen-bond acceptors (Lipinski definition) is 3. The average Bonchev–Trinajstić information content (AvgIpc) is 2.07. The van der Waals surface area contributed by atoms with Crippen LogP contribution < -0.4 is 10.1 Å². The van der Waals surface area contributed by atoms with Gasteiger partial charge in [0.05, 0.1) is 5.02 Å². The fourth-order valence-corrected chi connectivity index (χ4v) is 1.60. The molecule has 1 heterocycles. The van der Waals surface area contributed by atoms with Gasteiger partial charge in [0.15, 0.2) is 0 Å². The van der Waals surface area contributed by atoms with Crippen LogP contribution in [-0.2, 0) is 0 Å². The Balaban J connectivity index is 2.16. The van der Waals surface area contributed by atoms with E-state index in [4.69, 9.17) is 21.4 Å². The molecule has 0 aliphatic carbocycles. The molecule has 2 rings (SSSR count). The van der Waals surface area contributed by atoms with Gasteiger partial charge in [-0.2, -0.15) is 0 Å². The molecule has 1 saturated heterocycles. The molecule has 14 heavy (non-hydrogen) atoms. The molecular weight excluding hydrogens is 202 g/mol. The Bertz CT molecular complexity index is 350. The molecule has 0 saturated carbocycles. The quantitative estimate of drug-likeness (QED) is 0.787. The Labute approximate surface area is 87.6 Å². The highest BCUT2D eigenvalue weighted by Gasteiger charge is 2.34. The Morgan fingerprint density at radius 3 is 2.71 bits per heavy atom. The number of ether oxygens (including phenoxy) is 1. The number of rotatable bonds is 2. The SMILES string of the molecule is CC1(Oc2ccc(O)cc2Cl)CNC1. The predicted molar refractivity (Wildman–Crippen MR) is 55.0 cm³/mol. The molecule has 0 atom stereocenters. The molecule has 76 valence electrons. The second-order valence-corrected chi connectivity index (χ2v) is 4.18. The lowest BCUT2D eigenvalue weighted by atomic mass is 10.00. The highest BCUT2D eigenvalue weighted by atomic mass is 35.5. The third-order valence-corrected chi connectivity index (χ3v) is 2.57. The van der Waals surface area contributed by atoms with E-state index in [0.29, 0.717) is 10.8 Å². The first-order valence-corrected chi connectivity index (χ1v) is 4.85. The maximum absolute atomic E-state index is 9.15. The molecular formula is C10H12ClNO2. The van der Waals surface area contributed by atoms with E-state index in [0.717, 1.165) is 13.1 Å². The average molecular weight is 214 g/mol. The van der Waals surface area contributed by atoms with E-state index in [1.807, 2.05) is 6.92 Å². The van der Waals surface area contributed by atoms with Gasteiger partial charge in [-0.25, -0.2) is 0 Å². The molecule has 3 nitrogen and oxygen atoms in total. The molecule has 0 radical (unpaired) electrons. The second kappa shape index (κ2) is 3.33. The van der Waals surface area contributed by atoms with Gasteiger partial charge in [0, 0.05) is 19.2 Å². The van der Waals surface area contributed by atoms with Gasteiger partial charge >= 0.3 is 0 Å². The fraction of sp³-hybridized carbons (Fsp3) is 0.400. The molecule has 1 aliphatic heterocycles. The summed E-state index contributed by atoms with van der Waals surface area (Å²) in [5, 5.41) is 12.7. The summed E-state index contributed by atoms with van der Waals surface area (Å²) in [5.74, 6) is 0.771. The van der Waals surface area contributed by atoms with Crippen LogP contribution in [0.15, 0.2) is 18.2 Å². The predicted octanol–water partition coefficient (Wildman–Crippen LogP) is 1.79. The Hall–Kier alpha value is -0.930. The van der Waals surface area contributed by atoms with Crippen LogP contribution in [0, 0.1) is 0 Å². The highest BCUT2D eigenvalue weighted by Crippen LogP contribution is 2.31.